The maximum Gasteiger partial charge on any atom is 1.00 e. The van der Waals surface area contributed by atoms with E-state index >= 15 is 0 Å². The quantitative estimate of drug-likeness (QED) is 0.103. The number of hydrogen-bond donors (Lipinski definition) is 5. The number of carbonyl (C=O) groups is 3. The van der Waals surface area contributed by atoms with Gasteiger partial charge < -0.3 is 30.2 Å². The van der Waals surface area contributed by atoms with Gasteiger partial charge >= 0.3 is 116 Å². The molecule has 4 aromatic rings. The van der Waals surface area contributed by atoms with Crippen LogP contribution in [0.25, 0.3) is 22.3 Å². The first-order valence-corrected chi connectivity index (χ1v) is 10.9. The Morgan fingerprint density at radius 1 is 0.707 bits per heavy atom. The number of aromatic hydroxyl groups is 2. The van der Waals surface area contributed by atoms with E-state index in [9.17, 15) is 38.5 Å². The molecule has 2 amide bonds. The van der Waals surface area contributed by atoms with Crippen LogP contribution in [0.2, 0.25) is 0 Å². The Morgan fingerprint density at radius 2 is 1.10 bits per heavy atom. The topological polar surface area (TPSA) is 162 Å². The monoisotopic (exact) mass is 608 g/mol. The number of benzene rings is 2. The van der Waals surface area contributed by atoms with E-state index in [2.05, 4.69) is 9.97 Å². The Balaban J connectivity index is -0.00000280. The van der Waals surface area contributed by atoms with E-state index in [1.807, 2.05) is 10.6 Å². The average Bonchev–Trinajstić information content (AvgIpc) is 2.88. The second-order valence-electron chi connectivity index (χ2n) is 7.92. The Morgan fingerprint density at radius 3 is 1.41 bits per heavy atom. The third-order valence-electron chi connectivity index (χ3n) is 5.28. The molecular formula is C26H21F2KN4Na2O6. The van der Waals surface area contributed by atoms with Crippen LogP contribution in [0.4, 0.5) is 8.78 Å². The molecule has 0 aliphatic heterocycles. The minimum atomic E-state index is -2.00. The van der Waals surface area contributed by atoms with E-state index in [4.69, 9.17) is 0 Å². The second-order valence-corrected chi connectivity index (χ2v) is 7.92. The summed E-state index contributed by atoms with van der Waals surface area (Å²) in [6.45, 7) is 0. The molecule has 5 N–H and O–H groups in total. The number of pyridine rings is 2. The van der Waals surface area contributed by atoms with Gasteiger partial charge in [0.25, 0.3) is 11.8 Å². The number of carboxylic acids is 1. The van der Waals surface area contributed by atoms with Crippen LogP contribution >= 0.6 is 0 Å². The molecule has 2 heterocycles. The Bertz CT molecular complexity index is 1490. The summed E-state index contributed by atoms with van der Waals surface area (Å²) in [4.78, 5) is 44.5. The number of halogens is 2. The normalized spacial score (nSPS) is 9.93. The van der Waals surface area contributed by atoms with E-state index in [0.29, 0.717) is 22.3 Å². The van der Waals surface area contributed by atoms with Crippen molar-refractivity contribution in [1.82, 2.24) is 20.6 Å². The summed E-state index contributed by atoms with van der Waals surface area (Å²) in [7, 11) is 0. The Kier molecular flexibility index (Phi) is 15.2. The minimum Gasteiger partial charge on any atom is -1.00 e. The first kappa shape index (κ1) is 37.3. The molecule has 0 aliphatic carbocycles. The molecule has 0 aliphatic rings. The number of aromatic nitrogens is 2. The van der Waals surface area contributed by atoms with Crippen molar-refractivity contribution in [2.75, 3.05) is 0 Å². The minimum absolute atomic E-state index is 0. The first-order valence-electron chi connectivity index (χ1n) is 10.9. The SMILES string of the molecule is O=C(NC(NC(=O)c1ncc(-c2cccc(F)c2)cc1O)C(=O)O)c1ncc(-c2cccc(F)c2)cc1O.[H-].[H-].[H-].[K+].[Na+].[Na+]. The summed E-state index contributed by atoms with van der Waals surface area (Å²) in [6.07, 6.45) is 0.364. The van der Waals surface area contributed by atoms with Crippen LogP contribution in [0.1, 0.15) is 25.3 Å². The summed E-state index contributed by atoms with van der Waals surface area (Å²) in [5.41, 5.74) is 0.254. The summed E-state index contributed by atoms with van der Waals surface area (Å²) in [5.74, 6) is -6.22. The van der Waals surface area contributed by atoms with Crippen LogP contribution in [-0.2, 0) is 4.79 Å². The van der Waals surface area contributed by atoms with Crippen molar-refractivity contribution in [2.45, 2.75) is 6.17 Å². The van der Waals surface area contributed by atoms with Crippen molar-refractivity contribution in [3.05, 3.63) is 96.1 Å². The molecule has 0 spiro atoms. The summed E-state index contributed by atoms with van der Waals surface area (Å²) >= 11 is 0. The van der Waals surface area contributed by atoms with Gasteiger partial charge in [-0.3, -0.25) is 9.59 Å². The van der Waals surface area contributed by atoms with Crippen molar-refractivity contribution in [2.24, 2.45) is 0 Å². The van der Waals surface area contributed by atoms with Crippen LogP contribution in [0.3, 0.4) is 0 Å². The van der Waals surface area contributed by atoms with Gasteiger partial charge in [0.15, 0.2) is 11.4 Å². The number of hydrogen-bond acceptors (Lipinski definition) is 7. The fourth-order valence-electron chi connectivity index (χ4n) is 3.47. The molecule has 4 rings (SSSR count). The smallest absolute Gasteiger partial charge is 1.00 e. The number of nitrogens with zero attached hydrogens (tertiary/aromatic N) is 2. The zero-order valence-corrected chi connectivity index (χ0v) is 29.3. The van der Waals surface area contributed by atoms with Gasteiger partial charge in [0, 0.05) is 23.5 Å². The molecule has 0 unspecified atom stereocenters. The molecule has 2 aromatic carbocycles. The molecule has 0 fully saturated rings. The van der Waals surface area contributed by atoms with Gasteiger partial charge in [-0.15, -0.1) is 0 Å². The number of nitrogens with one attached hydrogen (secondary N) is 2. The fourth-order valence-corrected chi connectivity index (χ4v) is 3.47. The number of amides is 2. The fraction of sp³-hybridized carbons (Fsp3) is 0.0385. The molecular weight excluding hydrogens is 587 g/mol. The number of aliphatic carboxylic acids is 1. The number of carboxylic acid groups (broad SMARTS) is 1. The molecule has 0 saturated heterocycles. The summed E-state index contributed by atoms with van der Waals surface area (Å²) in [6, 6.07) is 13.2. The third kappa shape index (κ3) is 9.63. The zero-order chi connectivity index (χ0) is 27.4. The van der Waals surface area contributed by atoms with E-state index in [0.717, 1.165) is 12.1 Å². The van der Waals surface area contributed by atoms with E-state index < -0.39 is 58.5 Å². The Hall–Kier alpha value is -1.75. The van der Waals surface area contributed by atoms with Crippen molar-refractivity contribution in [3.63, 3.8) is 0 Å². The van der Waals surface area contributed by atoms with Crippen molar-refractivity contribution < 1.29 is 153 Å². The van der Waals surface area contributed by atoms with E-state index in [1.54, 1.807) is 12.1 Å². The van der Waals surface area contributed by atoms with Gasteiger partial charge in [-0.1, -0.05) is 24.3 Å². The van der Waals surface area contributed by atoms with Crippen molar-refractivity contribution in [1.29, 1.82) is 0 Å². The van der Waals surface area contributed by atoms with Crippen LogP contribution in [0.5, 0.6) is 11.5 Å². The molecule has 0 bridgehead atoms. The van der Waals surface area contributed by atoms with Gasteiger partial charge in [-0.2, -0.15) is 0 Å². The van der Waals surface area contributed by atoms with Crippen LogP contribution < -0.4 is 121 Å². The van der Waals surface area contributed by atoms with E-state index in [1.165, 1.54) is 48.8 Å². The van der Waals surface area contributed by atoms with Gasteiger partial charge in [0.05, 0.1) is 0 Å². The Labute approximate surface area is 323 Å². The molecule has 10 nitrogen and oxygen atoms in total. The molecule has 15 heteroatoms. The van der Waals surface area contributed by atoms with Crippen molar-refractivity contribution >= 4 is 17.8 Å². The first-order chi connectivity index (χ1) is 18.1. The molecule has 0 saturated carbocycles. The second kappa shape index (κ2) is 16.8. The average molecular weight is 609 g/mol. The van der Waals surface area contributed by atoms with E-state index in [-0.39, 0.29) is 115 Å². The summed E-state index contributed by atoms with van der Waals surface area (Å²) < 4.78 is 26.9. The van der Waals surface area contributed by atoms with Crippen molar-refractivity contribution in [3.8, 4) is 33.8 Å². The number of rotatable bonds is 7. The largest absolute Gasteiger partial charge is 1.00 e. The maximum atomic E-state index is 13.5. The molecule has 41 heavy (non-hydrogen) atoms. The van der Waals surface area contributed by atoms with Gasteiger partial charge in [0.2, 0.25) is 6.17 Å². The molecule has 0 atom stereocenters. The van der Waals surface area contributed by atoms with Gasteiger partial charge in [0.1, 0.15) is 23.1 Å². The predicted octanol–water partition coefficient (Wildman–Crippen LogP) is -5.58. The summed E-state index contributed by atoms with van der Waals surface area (Å²) in [5, 5.41) is 34.0. The third-order valence-corrected chi connectivity index (χ3v) is 5.28. The van der Waals surface area contributed by atoms with Crippen LogP contribution in [0, 0.1) is 11.6 Å². The molecule has 0 radical (unpaired) electrons. The maximum absolute atomic E-state index is 13.5. The van der Waals surface area contributed by atoms with Crippen LogP contribution in [-0.4, -0.2) is 49.2 Å². The van der Waals surface area contributed by atoms with Gasteiger partial charge in [-0.05, 0) is 47.5 Å². The van der Waals surface area contributed by atoms with Crippen LogP contribution in [0.15, 0.2) is 73.1 Å². The zero-order valence-electron chi connectivity index (χ0n) is 25.2. The molecule has 2 aromatic heterocycles. The predicted molar refractivity (Wildman–Crippen MR) is 132 cm³/mol. The number of carbonyl (C=O) groups excluding carboxylic acids is 2. The standard InChI is InChI=1S/C26H18F2N4O6.K.2Na.3H/c27-17-5-1-3-13(7-17)15-9-19(33)21(29-11-15)24(35)31-23(26(37)38)32-25(36)22-20(34)10-16(12-30-22)14-4-2-6-18(28)8-14;;;;;;/h1-12,23,33-34H,(H,31,35)(H,32,36)(H,37,38);;;;;;/q;3*+1;3*-1. The molecule has 198 valence electrons. The van der Waals surface area contributed by atoms with Gasteiger partial charge in [-0.25, -0.2) is 23.5 Å².